The van der Waals surface area contributed by atoms with Crippen LogP contribution in [0.1, 0.15) is 23.2 Å². The van der Waals surface area contributed by atoms with Crippen molar-refractivity contribution in [1.82, 2.24) is 9.80 Å². The Morgan fingerprint density at radius 1 is 1.16 bits per heavy atom. The molecule has 32 heavy (non-hydrogen) atoms. The maximum Gasteiger partial charge on any atom is 0.253 e. The highest BCUT2D eigenvalue weighted by Crippen LogP contribution is 2.30. The van der Waals surface area contributed by atoms with Crippen molar-refractivity contribution in [3.8, 4) is 5.75 Å². The standard InChI is InChI=1S/C25H31FN2O4/c26-21-10-8-20(9-11-21)25(30)28(14-19-6-7-19)17-24-16-27(12-13-31-24)15-22(29)18-32-23-4-2-1-3-5-23/h1-5,8-11,19,22,24,29H,6-7,12-18H2/t22-,24-/m1/s1. The zero-order chi connectivity index (χ0) is 22.3. The number of benzene rings is 2. The molecule has 1 aliphatic carbocycles. The normalized spacial score (nSPS) is 20.0. The number of amides is 1. The van der Waals surface area contributed by atoms with Gasteiger partial charge in [-0.1, -0.05) is 18.2 Å². The zero-order valence-electron chi connectivity index (χ0n) is 18.2. The Labute approximate surface area is 188 Å². The monoisotopic (exact) mass is 442 g/mol. The summed E-state index contributed by atoms with van der Waals surface area (Å²) in [6.45, 7) is 3.82. The Bertz CT molecular complexity index is 860. The molecule has 1 N–H and O–H groups in total. The molecule has 1 saturated heterocycles. The average molecular weight is 443 g/mol. The minimum absolute atomic E-state index is 0.0890. The van der Waals surface area contributed by atoms with E-state index in [9.17, 15) is 14.3 Å². The number of hydrogen-bond acceptors (Lipinski definition) is 5. The van der Waals surface area contributed by atoms with E-state index in [1.807, 2.05) is 35.2 Å². The van der Waals surface area contributed by atoms with Gasteiger partial charge in [-0.3, -0.25) is 9.69 Å². The van der Waals surface area contributed by atoms with Gasteiger partial charge in [0.25, 0.3) is 5.91 Å². The lowest BCUT2D eigenvalue weighted by atomic mass is 10.1. The van der Waals surface area contributed by atoms with E-state index in [0.717, 1.165) is 25.1 Å². The van der Waals surface area contributed by atoms with Crippen molar-refractivity contribution in [2.75, 3.05) is 45.9 Å². The molecular weight excluding hydrogens is 411 g/mol. The van der Waals surface area contributed by atoms with Crippen LogP contribution in [0.2, 0.25) is 0 Å². The first-order chi connectivity index (χ1) is 15.6. The summed E-state index contributed by atoms with van der Waals surface area (Å²) in [5.74, 6) is 0.836. The van der Waals surface area contributed by atoms with Crippen molar-refractivity contribution in [1.29, 1.82) is 0 Å². The number of β-amino-alcohol motifs (C(OH)–C–C–N with tert-alkyl or cyclic N) is 1. The summed E-state index contributed by atoms with van der Waals surface area (Å²) >= 11 is 0. The van der Waals surface area contributed by atoms with Gasteiger partial charge in [-0.15, -0.1) is 0 Å². The lowest BCUT2D eigenvalue weighted by Gasteiger charge is -2.36. The molecule has 6 nitrogen and oxygen atoms in total. The predicted octanol–water partition coefficient (Wildman–Crippen LogP) is 2.82. The number of halogens is 1. The number of carbonyl (C=O) groups is 1. The van der Waals surface area contributed by atoms with Crippen LogP contribution in [0.15, 0.2) is 54.6 Å². The molecule has 1 aliphatic heterocycles. The second kappa shape index (κ2) is 10.9. The molecule has 1 heterocycles. The molecule has 7 heteroatoms. The van der Waals surface area contributed by atoms with Gasteiger partial charge in [0.1, 0.15) is 24.3 Å². The summed E-state index contributed by atoms with van der Waals surface area (Å²) < 4.78 is 24.9. The third-order valence-electron chi connectivity index (χ3n) is 5.86. The highest BCUT2D eigenvalue weighted by atomic mass is 19.1. The average Bonchev–Trinajstić information content (AvgIpc) is 3.62. The van der Waals surface area contributed by atoms with Gasteiger partial charge in [0.05, 0.1) is 12.7 Å². The van der Waals surface area contributed by atoms with Crippen LogP contribution in [-0.2, 0) is 4.74 Å². The maximum absolute atomic E-state index is 13.3. The largest absolute Gasteiger partial charge is 0.491 e. The number of carbonyl (C=O) groups excluding carboxylic acids is 1. The molecule has 2 aromatic carbocycles. The Kier molecular flexibility index (Phi) is 7.73. The Morgan fingerprint density at radius 3 is 2.62 bits per heavy atom. The van der Waals surface area contributed by atoms with E-state index in [4.69, 9.17) is 9.47 Å². The quantitative estimate of drug-likeness (QED) is 0.613. The van der Waals surface area contributed by atoms with Crippen LogP contribution in [0, 0.1) is 11.7 Å². The first kappa shape index (κ1) is 22.7. The fourth-order valence-corrected chi connectivity index (χ4v) is 3.99. The van der Waals surface area contributed by atoms with E-state index in [2.05, 4.69) is 4.90 Å². The number of aliphatic hydroxyl groups excluding tert-OH is 1. The van der Waals surface area contributed by atoms with E-state index in [1.54, 1.807) is 0 Å². The van der Waals surface area contributed by atoms with E-state index in [1.165, 1.54) is 24.3 Å². The van der Waals surface area contributed by atoms with Gasteiger partial charge < -0.3 is 19.5 Å². The van der Waals surface area contributed by atoms with Crippen molar-refractivity contribution >= 4 is 5.91 Å². The minimum atomic E-state index is -0.614. The molecule has 172 valence electrons. The molecule has 2 aromatic rings. The van der Waals surface area contributed by atoms with Crippen LogP contribution in [0.4, 0.5) is 4.39 Å². The minimum Gasteiger partial charge on any atom is -0.491 e. The molecule has 2 atom stereocenters. The number of ether oxygens (including phenoxy) is 2. The number of morpholine rings is 1. The van der Waals surface area contributed by atoms with E-state index < -0.39 is 6.10 Å². The third kappa shape index (κ3) is 6.76. The molecule has 2 fully saturated rings. The van der Waals surface area contributed by atoms with E-state index in [-0.39, 0.29) is 24.4 Å². The Hall–Kier alpha value is -2.48. The van der Waals surface area contributed by atoms with Crippen molar-refractivity contribution in [2.24, 2.45) is 5.92 Å². The lowest BCUT2D eigenvalue weighted by molar-refractivity contribution is -0.0538. The Balaban J connectivity index is 1.29. The number of para-hydroxylation sites is 1. The smallest absolute Gasteiger partial charge is 0.253 e. The SMILES string of the molecule is O=C(c1ccc(F)cc1)N(CC1CC1)C[C@H]1CN(C[C@@H](O)COc2ccccc2)CCO1. The van der Waals surface area contributed by atoms with Gasteiger partial charge in [-0.25, -0.2) is 4.39 Å². The van der Waals surface area contributed by atoms with Crippen molar-refractivity contribution in [2.45, 2.75) is 25.0 Å². The van der Waals surface area contributed by atoms with Crippen molar-refractivity contribution in [3.63, 3.8) is 0 Å². The maximum atomic E-state index is 13.3. The van der Waals surface area contributed by atoms with Crippen LogP contribution in [0.3, 0.4) is 0 Å². The number of nitrogens with zero attached hydrogens (tertiary/aromatic N) is 2. The molecule has 1 amide bonds. The highest BCUT2D eigenvalue weighted by Gasteiger charge is 2.31. The lowest BCUT2D eigenvalue weighted by Crippen LogP contribution is -2.51. The van der Waals surface area contributed by atoms with E-state index >= 15 is 0 Å². The van der Waals surface area contributed by atoms with Crippen LogP contribution >= 0.6 is 0 Å². The summed E-state index contributed by atoms with van der Waals surface area (Å²) in [4.78, 5) is 17.0. The number of aliphatic hydroxyl groups is 1. The van der Waals surface area contributed by atoms with Crippen molar-refractivity contribution in [3.05, 3.63) is 66.0 Å². The molecule has 0 aromatic heterocycles. The van der Waals surface area contributed by atoms with Gasteiger partial charge in [-0.05, 0) is 55.2 Å². The van der Waals surface area contributed by atoms with Crippen LogP contribution in [0.5, 0.6) is 5.75 Å². The molecule has 4 rings (SSSR count). The number of rotatable bonds is 10. The van der Waals surface area contributed by atoms with Gasteiger partial charge in [-0.2, -0.15) is 0 Å². The molecule has 2 aliphatic rings. The van der Waals surface area contributed by atoms with Gasteiger partial charge in [0.15, 0.2) is 0 Å². The van der Waals surface area contributed by atoms with Crippen LogP contribution < -0.4 is 4.74 Å². The van der Waals surface area contributed by atoms with Crippen molar-refractivity contribution < 1.29 is 23.8 Å². The second-order valence-electron chi connectivity index (χ2n) is 8.69. The van der Waals surface area contributed by atoms with Gasteiger partial charge in [0, 0.05) is 38.3 Å². The first-order valence-corrected chi connectivity index (χ1v) is 11.3. The predicted molar refractivity (Wildman–Crippen MR) is 119 cm³/mol. The molecule has 1 saturated carbocycles. The summed E-state index contributed by atoms with van der Waals surface area (Å²) in [6, 6.07) is 15.2. The molecule has 0 spiro atoms. The topological polar surface area (TPSA) is 62.2 Å². The molecule has 0 unspecified atom stereocenters. The highest BCUT2D eigenvalue weighted by molar-refractivity contribution is 5.94. The second-order valence-corrected chi connectivity index (χ2v) is 8.69. The number of hydrogen-bond donors (Lipinski definition) is 1. The molecular formula is C25H31FN2O4. The van der Waals surface area contributed by atoms with E-state index in [0.29, 0.717) is 44.3 Å². The van der Waals surface area contributed by atoms with Crippen LogP contribution in [0.25, 0.3) is 0 Å². The summed E-state index contributed by atoms with van der Waals surface area (Å²) in [7, 11) is 0. The summed E-state index contributed by atoms with van der Waals surface area (Å²) in [5, 5.41) is 10.4. The molecule has 0 bridgehead atoms. The fraction of sp³-hybridized carbons (Fsp3) is 0.480. The fourth-order valence-electron chi connectivity index (χ4n) is 3.99. The summed E-state index contributed by atoms with van der Waals surface area (Å²) in [6.07, 6.45) is 1.53. The van der Waals surface area contributed by atoms with Gasteiger partial charge >= 0.3 is 0 Å². The first-order valence-electron chi connectivity index (χ1n) is 11.3. The molecule has 0 radical (unpaired) electrons. The summed E-state index contributed by atoms with van der Waals surface area (Å²) in [5.41, 5.74) is 0.494. The van der Waals surface area contributed by atoms with Crippen LogP contribution in [-0.4, -0.2) is 79.0 Å². The third-order valence-corrected chi connectivity index (χ3v) is 5.86. The van der Waals surface area contributed by atoms with Gasteiger partial charge in [0.2, 0.25) is 0 Å². The Morgan fingerprint density at radius 2 is 1.91 bits per heavy atom. The zero-order valence-corrected chi connectivity index (χ0v) is 18.2.